The highest BCUT2D eigenvalue weighted by atomic mass is 16.2. The van der Waals surface area contributed by atoms with E-state index in [0.717, 1.165) is 26.2 Å². The van der Waals surface area contributed by atoms with Gasteiger partial charge in [-0.15, -0.1) is 0 Å². The molecule has 1 aromatic heterocycles. The van der Waals surface area contributed by atoms with Crippen molar-refractivity contribution < 1.29 is 4.79 Å². The van der Waals surface area contributed by atoms with Crippen LogP contribution in [0.5, 0.6) is 0 Å². The van der Waals surface area contributed by atoms with E-state index in [2.05, 4.69) is 32.4 Å². The fraction of sp³-hybridized carbons (Fsp3) is 0.643. The van der Waals surface area contributed by atoms with E-state index in [4.69, 9.17) is 0 Å². The second kappa shape index (κ2) is 7.91. The van der Waals surface area contributed by atoms with E-state index in [-0.39, 0.29) is 5.91 Å². The number of carbonyl (C=O) groups is 1. The van der Waals surface area contributed by atoms with Crippen LogP contribution in [0.2, 0.25) is 0 Å². The van der Waals surface area contributed by atoms with Crippen LogP contribution in [0.15, 0.2) is 18.5 Å². The zero-order valence-corrected chi connectivity index (χ0v) is 12.0. The van der Waals surface area contributed by atoms with Gasteiger partial charge in [0.05, 0.1) is 6.54 Å². The lowest BCUT2D eigenvalue weighted by atomic mass is 9.97. The number of aromatic nitrogens is 2. The van der Waals surface area contributed by atoms with E-state index < -0.39 is 0 Å². The molecule has 20 heavy (non-hydrogen) atoms. The maximum Gasteiger partial charge on any atom is 0.240 e. The molecule has 1 amide bonds. The van der Waals surface area contributed by atoms with E-state index in [0.29, 0.717) is 18.4 Å². The maximum absolute atomic E-state index is 12.0. The molecule has 1 saturated heterocycles. The highest BCUT2D eigenvalue weighted by Gasteiger charge is 2.18. The Morgan fingerprint density at radius 3 is 2.75 bits per heavy atom. The molecular formula is C14H23N5O. The smallest absolute Gasteiger partial charge is 0.240 e. The molecule has 1 aromatic rings. The third-order valence-corrected chi connectivity index (χ3v) is 3.61. The lowest BCUT2D eigenvalue weighted by Crippen LogP contribution is -2.39. The minimum Gasteiger partial charge on any atom is -0.317 e. The summed E-state index contributed by atoms with van der Waals surface area (Å²) in [4.78, 5) is 22.2. The average Bonchev–Trinajstić information content (AvgIpc) is 2.48. The number of hydrogen-bond donors (Lipinski definition) is 2. The van der Waals surface area contributed by atoms with Gasteiger partial charge in [-0.3, -0.25) is 15.0 Å². The fourth-order valence-corrected chi connectivity index (χ4v) is 2.47. The maximum atomic E-state index is 12.0. The lowest BCUT2D eigenvalue weighted by Gasteiger charge is -2.28. The van der Waals surface area contributed by atoms with Crippen LogP contribution < -0.4 is 10.6 Å². The van der Waals surface area contributed by atoms with Gasteiger partial charge in [0.1, 0.15) is 0 Å². The Labute approximate surface area is 120 Å². The van der Waals surface area contributed by atoms with Crippen LogP contribution in [0, 0.1) is 5.92 Å². The molecule has 6 heteroatoms. The molecule has 1 fully saturated rings. The highest BCUT2D eigenvalue weighted by molar-refractivity contribution is 5.90. The topological polar surface area (TPSA) is 70.2 Å². The van der Waals surface area contributed by atoms with E-state index in [1.807, 2.05) is 0 Å². The predicted molar refractivity (Wildman–Crippen MR) is 78.4 cm³/mol. The Bertz CT molecular complexity index is 405. The van der Waals surface area contributed by atoms with Gasteiger partial charge in [0.2, 0.25) is 11.9 Å². The van der Waals surface area contributed by atoms with Crippen molar-refractivity contribution >= 4 is 11.9 Å². The van der Waals surface area contributed by atoms with Gasteiger partial charge in [-0.05, 0) is 44.5 Å². The van der Waals surface area contributed by atoms with Gasteiger partial charge >= 0.3 is 0 Å². The summed E-state index contributed by atoms with van der Waals surface area (Å²) >= 11 is 0. The summed E-state index contributed by atoms with van der Waals surface area (Å²) in [7, 11) is 0. The van der Waals surface area contributed by atoms with Crippen LogP contribution in [-0.2, 0) is 4.79 Å². The molecule has 1 aliphatic heterocycles. The van der Waals surface area contributed by atoms with Crippen LogP contribution in [-0.4, -0.2) is 53.5 Å². The molecule has 1 aliphatic rings. The van der Waals surface area contributed by atoms with E-state index in [1.54, 1.807) is 18.5 Å². The van der Waals surface area contributed by atoms with Crippen molar-refractivity contribution in [1.29, 1.82) is 0 Å². The van der Waals surface area contributed by atoms with E-state index >= 15 is 0 Å². The minimum atomic E-state index is -0.0491. The number of hydrogen-bond acceptors (Lipinski definition) is 5. The minimum absolute atomic E-state index is 0.0491. The van der Waals surface area contributed by atoms with Crippen LogP contribution in [0.3, 0.4) is 0 Å². The molecule has 0 saturated carbocycles. The Balaban J connectivity index is 1.78. The number of anilines is 1. The normalized spacial score (nSPS) is 16.3. The Kier molecular flexibility index (Phi) is 5.88. The largest absolute Gasteiger partial charge is 0.317 e. The molecule has 0 aromatic carbocycles. The molecular weight excluding hydrogens is 254 g/mol. The number of nitrogens with zero attached hydrogens (tertiary/aromatic N) is 3. The lowest BCUT2D eigenvalue weighted by molar-refractivity contribution is -0.117. The van der Waals surface area contributed by atoms with Crippen molar-refractivity contribution in [2.45, 2.75) is 19.8 Å². The molecule has 2 N–H and O–H groups in total. The van der Waals surface area contributed by atoms with Gasteiger partial charge in [-0.1, -0.05) is 6.92 Å². The fourth-order valence-electron chi connectivity index (χ4n) is 2.47. The first-order valence-electron chi connectivity index (χ1n) is 7.28. The first-order valence-corrected chi connectivity index (χ1v) is 7.28. The number of rotatable bonds is 6. The zero-order chi connectivity index (χ0) is 14.2. The number of nitrogens with one attached hydrogen (secondary N) is 2. The Morgan fingerprint density at radius 2 is 2.10 bits per heavy atom. The molecule has 0 aliphatic carbocycles. The van der Waals surface area contributed by atoms with Crippen molar-refractivity contribution in [3.05, 3.63) is 18.5 Å². The number of piperidine rings is 1. The van der Waals surface area contributed by atoms with Crippen molar-refractivity contribution in [1.82, 2.24) is 20.2 Å². The Hall–Kier alpha value is -1.53. The van der Waals surface area contributed by atoms with Gasteiger partial charge in [-0.25, -0.2) is 9.97 Å². The van der Waals surface area contributed by atoms with E-state index in [1.165, 1.54) is 12.8 Å². The predicted octanol–water partition coefficient (Wildman–Crippen LogP) is 0.737. The average molecular weight is 277 g/mol. The first-order chi connectivity index (χ1) is 9.78. The van der Waals surface area contributed by atoms with Crippen LogP contribution in [0.1, 0.15) is 19.8 Å². The molecule has 6 nitrogen and oxygen atoms in total. The summed E-state index contributed by atoms with van der Waals surface area (Å²) in [5.74, 6) is 1.01. The SMILES string of the molecule is CCN(CC(=O)Nc1ncccn1)CC1CCNCC1. The quantitative estimate of drug-likeness (QED) is 0.802. The molecule has 0 spiro atoms. The van der Waals surface area contributed by atoms with Gasteiger partial charge in [0.25, 0.3) is 0 Å². The van der Waals surface area contributed by atoms with Crippen molar-refractivity contribution in [3.8, 4) is 0 Å². The third-order valence-electron chi connectivity index (χ3n) is 3.61. The molecule has 0 radical (unpaired) electrons. The van der Waals surface area contributed by atoms with Crippen molar-refractivity contribution in [3.63, 3.8) is 0 Å². The molecule has 0 atom stereocenters. The molecule has 0 unspecified atom stereocenters. The van der Waals surface area contributed by atoms with Gasteiger partial charge in [0.15, 0.2) is 0 Å². The number of carbonyl (C=O) groups excluding carboxylic acids is 1. The Morgan fingerprint density at radius 1 is 1.40 bits per heavy atom. The molecule has 0 bridgehead atoms. The van der Waals surface area contributed by atoms with Gasteiger partial charge in [0, 0.05) is 18.9 Å². The monoisotopic (exact) mass is 277 g/mol. The van der Waals surface area contributed by atoms with Gasteiger partial charge < -0.3 is 5.32 Å². The summed E-state index contributed by atoms with van der Waals surface area (Å²) < 4.78 is 0. The van der Waals surface area contributed by atoms with Crippen molar-refractivity contribution in [2.24, 2.45) is 5.92 Å². The van der Waals surface area contributed by atoms with Gasteiger partial charge in [-0.2, -0.15) is 0 Å². The second-order valence-corrected chi connectivity index (χ2v) is 5.14. The molecule has 2 heterocycles. The second-order valence-electron chi connectivity index (χ2n) is 5.14. The summed E-state index contributed by atoms with van der Waals surface area (Å²) in [6.45, 7) is 6.54. The summed E-state index contributed by atoms with van der Waals surface area (Å²) in [6, 6.07) is 1.73. The number of amides is 1. The summed E-state index contributed by atoms with van der Waals surface area (Å²) in [5.41, 5.74) is 0. The molecule has 2 rings (SSSR count). The summed E-state index contributed by atoms with van der Waals surface area (Å²) in [6.07, 6.45) is 5.63. The zero-order valence-electron chi connectivity index (χ0n) is 12.0. The molecule has 110 valence electrons. The van der Waals surface area contributed by atoms with E-state index in [9.17, 15) is 4.79 Å². The number of likely N-dealkylation sites (N-methyl/N-ethyl adjacent to an activating group) is 1. The standard InChI is InChI=1S/C14H23N5O/c1-2-19(10-12-4-8-15-9-5-12)11-13(20)18-14-16-6-3-7-17-14/h3,6-7,12,15H,2,4-5,8-11H2,1H3,(H,16,17,18,20). The third kappa shape index (κ3) is 4.86. The summed E-state index contributed by atoms with van der Waals surface area (Å²) in [5, 5.41) is 6.09. The van der Waals surface area contributed by atoms with Crippen molar-refractivity contribution in [2.75, 3.05) is 38.0 Å². The van der Waals surface area contributed by atoms with Crippen LogP contribution >= 0.6 is 0 Å². The highest BCUT2D eigenvalue weighted by Crippen LogP contribution is 2.13. The first kappa shape index (κ1) is 14.9. The van der Waals surface area contributed by atoms with Crippen LogP contribution in [0.4, 0.5) is 5.95 Å². The van der Waals surface area contributed by atoms with Crippen LogP contribution in [0.25, 0.3) is 0 Å².